The van der Waals surface area contributed by atoms with Crippen molar-refractivity contribution < 1.29 is 28.7 Å². The Balaban J connectivity index is 1.14. The number of rotatable bonds is 20. The highest BCUT2D eigenvalue weighted by molar-refractivity contribution is 5.90. The van der Waals surface area contributed by atoms with E-state index >= 15 is 0 Å². The molecule has 62 heavy (non-hydrogen) atoms. The molecule has 0 radical (unpaired) electrons. The molecule has 3 N–H and O–H groups in total. The van der Waals surface area contributed by atoms with Gasteiger partial charge in [-0.05, 0) is 68.9 Å². The van der Waals surface area contributed by atoms with Crippen LogP contribution in [-0.4, -0.2) is 126 Å². The second-order valence-electron chi connectivity index (χ2n) is 18.4. The average Bonchev–Trinajstić information content (AvgIpc) is 4.12. The monoisotopic (exact) mass is 854 g/mol. The fraction of sp³-hybridized carbons (Fsp3) is 0.612. The lowest BCUT2D eigenvalue weighted by atomic mass is 9.89. The van der Waals surface area contributed by atoms with Gasteiger partial charge in [0.1, 0.15) is 11.9 Å². The van der Waals surface area contributed by atoms with E-state index in [0.717, 1.165) is 48.9 Å². The molecule has 3 aliphatic rings. The van der Waals surface area contributed by atoms with Crippen LogP contribution in [0.5, 0.6) is 0 Å². The number of methoxy groups -OCH3 is 2. The van der Waals surface area contributed by atoms with Gasteiger partial charge in [0.05, 0.1) is 54.4 Å². The van der Waals surface area contributed by atoms with Crippen molar-refractivity contribution in [3.05, 3.63) is 78.2 Å². The van der Waals surface area contributed by atoms with Gasteiger partial charge in [0, 0.05) is 45.6 Å². The maximum absolute atomic E-state index is 14.5. The Kier molecular flexibility index (Phi) is 16.0. The highest BCUT2D eigenvalue weighted by atomic mass is 16.5. The minimum Gasteiger partial charge on any atom is -0.379 e. The van der Waals surface area contributed by atoms with Crippen LogP contribution >= 0.6 is 0 Å². The zero-order valence-electron chi connectivity index (χ0n) is 38.4. The molecule has 13 heteroatoms. The summed E-state index contributed by atoms with van der Waals surface area (Å²) in [7, 11) is 6.99. The van der Waals surface area contributed by atoms with Crippen LogP contribution in [-0.2, 0) is 35.1 Å². The van der Waals surface area contributed by atoms with Crippen molar-refractivity contribution in [2.24, 2.45) is 23.7 Å². The lowest BCUT2D eigenvalue weighted by molar-refractivity contribution is -0.148. The Bertz CT molecular complexity index is 1940. The number of likely N-dealkylation sites (tertiary alicyclic amines) is 2. The molecular formula is C49H71N7O6. The topological polar surface area (TPSA) is 149 Å². The number of hydrogen-bond acceptors (Lipinski definition) is 8. The van der Waals surface area contributed by atoms with E-state index in [9.17, 15) is 19.2 Å². The van der Waals surface area contributed by atoms with E-state index in [2.05, 4.69) is 34.4 Å². The van der Waals surface area contributed by atoms with Gasteiger partial charge in [-0.15, -0.1) is 0 Å². The first-order valence-corrected chi connectivity index (χ1v) is 22.9. The van der Waals surface area contributed by atoms with E-state index in [-0.39, 0.29) is 54.0 Å². The number of benzene rings is 2. The number of nitrogens with one attached hydrogen (secondary N) is 3. The van der Waals surface area contributed by atoms with E-state index < -0.39 is 36.3 Å². The Labute approximate surface area is 369 Å². The number of carbonyl (C=O) groups excluding carboxylic acids is 4. The van der Waals surface area contributed by atoms with Gasteiger partial charge in [-0.1, -0.05) is 102 Å². The summed E-state index contributed by atoms with van der Waals surface area (Å²) >= 11 is 0. The van der Waals surface area contributed by atoms with Crippen LogP contribution in [0.1, 0.15) is 97.0 Å². The molecule has 13 nitrogen and oxygen atoms in total. The first-order valence-electron chi connectivity index (χ1n) is 22.9. The standard InChI is InChI=1S/C49H71N7O6/c1-10-31(4)43(55(7)49(60)42(30(2)3)53-48(59)44-35-23-24-36(27-35)54(44)6)40(61-8)28-41(57)56-25-17-22-39(56)45(62-9)32(5)47(58)52-37(26-33-18-13-11-14-19-33)46-50-29-38(51-46)34-20-15-12-16-21-34/h11-16,18-21,29-32,35-37,39-40,42-45H,10,17,22-28H2,1-9H3,(H,50,51)(H,52,58)(H,53,59)/t31-,32+,35-,36+,37-,39?,40+,42?,43-,44-,45+/m0/s1. The van der Waals surface area contributed by atoms with Crippen LogP contribution in [0.3, 0.4) is 0 Å². The Morgan fingerprint density at radius 1 is 0.935 bits per heavy atom. The predicted molar refractivity (Wildman–Crippen MR) is 241 cm³/mol. The number of ether oxygens (including phenoxy) is 2. The van der Waals surface area contributed by atoms with E-state index in [1.807, 2.05) is 99.6 Å². The van der Waals surface area contributed by atoms with Crippen LogP contribution in [0.25, 0.3) is 11.3 Å². The van der Waals surface area contributed by atoms with Crippen molar-refractivity contribution in [3.63, 3.8) is 0 Å². The maximum Gasteiger partial charge on any atom is 0.245 e. The zero-order valence-corrected chi connectivity index (χ0v) is 38.4. The van der Waals surface area contributed by atoms with Gasteiger partial charge in [0.25, 0.3) is 0 Å². The fourth-order valence-electron chi connectivity index (χ4n) is 10.5. The van der Waals surface area contributed by atoms with E-state index in [1.54, 1.807) is 26.2 Å². The van der Waals surface area contributed by atoms with Crippen LogP contribution in [0, 0.1) is 23.7 Å². The van der Waals surface area contributed by atoms with Gasteiger partial charge < -0.3 is 34.9 Å². The van der Waals surface area contributed by atoms with Crippen molar-refractivity contribution in [2.75, 3.05) is 34.9 Å². The third-order valence-corrected chi connectivity index (χ3v) is 14.3. The Hall–Kier alpha value is -4.59. The molecule has 0 spiro atoms. The largest absolute Gasteiger partial charge is 0.379 e. The number of likely N-dealkylation sites (N-methyl/N-ethyl adjacent to an activating group) is 2. The molecule has 6 rings (SSSR count). The van der Waals surface area contributed by atoms with E-state index in [4.69, 9.17) is 14.5 Å². The third kappa shape index (κ3) is 10.4. The molecule has 11 atom stereocenters. The number of nitrogens with zero attached hydrogens (tertiary/aromatic N) is 4. The quantitative estimate of drug-likeness (QED) is 0.125. The van der Waals surface area contributed by atoms with Gasteiger partial charge >= 0.3 is 0 Å². The second-order valence-corrected chi connectivity index (χ2v) is 18.4. The molecule has 3 heterocycles. The summed E-state index contributed by atoms with van der Waals surface area (Å²) in [4.78, 5) is 70.9. The summed E-state index contributed by atoms with van der Waals surface area (Å²) in [5.74, 6) is -0.353. The van der Waals surface area contributed by atoms with E-state index in [0.29, 0.717) is 37.2 Å². The SMILES string of the molecule is CC[C@H](C)[C@@H]([C@@H](CC(=O)N1CCCC1[C@H](OC)[C@@H](C)C(=O)N[C@@H](Cc1ccccc1)c1nc(-c2ccccc2)c[nH]1)OC)N(C)C(=O)C(NC(=O)[C@@H]1[C@H]2CC[C@H](C2)N1C)C(C)C. The molecule has 3 aromatic rings. The second kappa shape index (κ2) is 21.2. The number of amides is 4. The number of aromatic nitrogens is 2. The first-order chi connectivity index (χ1) is 29.8. The molecule has 2 aliphatic heterocycles. The predicted octanol–water partition coefficient (Wildman–Crippen LogP) is 6.02. The molecule has 2 saturated heterocycles. The maximum atomic E-state index is 14.5. The molecule has 2 aromatic carbocycles. The van der Waals surface area contributed by atoms with Crippen LogP contribution in [0.2, 0.25) is 0 Å². The number of piperidine rings is 1. The summed E-state index contributed by atoms with van der Waals surface area (Å²) in [6, 6.07) is 18.2. The van der Waals surface area contributed by atoms with Crippen molar-refractivity contribution in [1.82, 2.24) is 35.3 Å². The molecule has 3 fully saturated rings. The van der Waals surface area contributed by atoms with Crippen molar-refractivity contribution >= 4 is 23.6 Å². The summed E-state index contributed by atoms with van der Waals surface area (Å²) in [6.45, 7) is 10.5. The molecule has 1 aromatic heterocycles. The van der Waals surface area contributed by atoms with Crippen LogP contribution in [0.15, 0.2) is 66.9 Å². The third-order valence-electron chi connectivity index (χ3n) is 14.3. The number of imidazole rings is 1. The number of fused-ring (bicyclic) bond motifs is 2. The molecule has 2 bridgehead atoms. The lowest BCUT2D eigenvalue weighted by Crippen LogP contribution is -2.60. The lowest BCUT2D eigenvalue weighted by Gasteiger charge is -2.41. The van der Waals surface area contributed by atoms with Gasteiger partial charge in [0.2, 0.25) is 23.6 Å². The fourth-order valence-corrected chi connectivity index (χ4v) is 10.5. The van der Waals surface area contributed by atoms with Crippen LogP contribution < -0.4 is 10.6 Å². The molecule has 1 saturated carbocycles. The van der Waals surface area contributed by atoms with Gasteiger partial charge in [-0.2, -0.15) is 0 Å². The van der Waals surface area contributed by atoms with Crippen molar-refractivity contribution in [1.29, 1.82) is 0 Å². The van der Waals surface area contributed by atoms with Crippen molar-refractivity contribution in [2.45, 2.75) is 134 Å². The average molecular weight is 854 g/mol. The molecule has 2 unspecified atom stereocenters. The summed E-state index contributed by atoms with van der Waals surface area (Å²) in [5.41, 5.74) is 2.83. The number of H-pyrrole nitrogens is 1. The minimum absolute atomic E-state index is 0.00602. The van der Waals surface area contributed by atoms with Gasteiger partial charge in [-0.3, -0.25) is 24.1 Å². The zero-order chi connectivity index (χ0) is 44.7. The molecular weight excluding hydrogens is 783 g/mol. The first kappa shape index (κ1) is 46.9. The smallest absolute Gasteiger partial charge is 0.245 e. The highest BCUT2D eigenvalue weighted by Crippen LogP contribution is 2.41. The van der Waals surface area contributed by atoms with Gasteiger partial charge in [0.15, 0.2) is 0 Å². The Morgan fingerprint density at radius 3 is 2.24 bits per heavy atom. The minimum atomic E-state index is -0.719. The van der Waals surface area contributed by atoms with Crippen molar-refractivity contribution in [3.8, 4) is 11.3 Å². The van der Waals surface area contributed by atoms with Crippen LogP contribution in [0.4, 0.5) is 0 Å². The summed E-state index contributed by atoms with van der Waals surface area (Å²) < 4.78 is 12.2. The number of aromatic amines is 1. The normalized spacial score (nSPS) is 23.4. The summed E-state index contributed by atoms with van der Waals surface area (Å²) in [5, 5.41) is 6.43. The molecule has 4 amide bonds. The highest BCUT2D eigenvalue weighted by Gasteiger charge is 2.49. The summed E-state index contributed by atoms with van der Waals surface area (Å²) in [6.07, 6.45) is 6.66. The number of carbonyl (C=O) groups is 4. The van der Waals surface area contributed by atoms with Gasteiger partial charge in [-0.25, -0.2) is 4.98 Å². The Morgan fingerprint density at radius 2 is 1.63 bits per heavy atom. The number of hydrogen-bond donors (Lipinski definition) is 3. The molecule has 1 aliphatic carbocycles. The van der Waals surface area contributed by atoms with E-state index in [1.165, 1.54) is 0 Å². The molecule has 338 valence electrons.